The number of nitrogens with one attached hydrogen (secondary N) is 1. The third-order valence-corrected chi connectivity index (χ3v) is 2.95. The molecular weight excluding hydrogens is 192 g/mol. The predicted molar refractivity (Wildman–Crippen MR) is 58.1 cm³/mol. The molecule has 4 nitrogen and oxygen atoms in total. The van der Waals surface area contributed by atoms with Gasteiger partial charge in [-0.15, -0.1) is 0 Å². The third-order valence-electron chi connectivity index (χ3n) is 2.95. The summed E-state index contributed by atoms with van der Waals surface area (Å²) in [7, 11) is 0. The first kappa shape index (κ1) is 10.1. The lowest BCUT2D eigenvalue weighted by atomic mass is 9.95. The van der Waals surface area contributed by atoms with Crippen molar-refractivity contribution in [3.63, 3.8) is 0 Å². The Kier molecular flexibility index (Phi) is 2.68. The largest absolute Gasteiger partial charge is 0.316 e. The zero-order valence-corrected chi connectivity index (χ0v) is 8.69. The van der Waals surface area contributed by atoms with Crippen LogP contribution < -0.4 is 5.32 Å². The molecule has 0 radical (unpaired) electrons. The summed E-state index contributed by atoms with van der Waals surface area (Å²) in [6.07, 6.45) is 0.990. The first-order chi connectivity index (χ1) is 7.20. The molecular formula is C11H14N2O2. The van der Waals surface area contributed by atoms with Gasteiger partial charge in [-0.3, -0.25) is 10.1 Å². The number of hydrogen-bond acceptors (Lipinski definition) is 3. The molecule has 1 aliphatic rings. The minimum atomic E-state index is -0.261. The topological polar surface area (TPSA) is 55.2 Å². The molecule has 1 fully saturated rings. The minimum Gasteiger partial charge on any atom is -0.316 e. The van der Waals surface area contributed by atoms with E-state index in [2.05, 4.69) is 5.32 Å². The Morgan fingerprint density at radius 2 is 2.33 bits per heavy atom. The number of hydrogen-bond donors (Lipinski definition) is 1. The molecule has 1 aromatic carbocycles. The van der Waals surface area contributed by atoms with Crippen molar-refractivity contribution in [3.8, 4) is 0 Å². The Morgan fingerprint density at radius 1 is 1.53 bits per heavy atom. The van der Waals surface area contributed by atoms with E-state index in [4.69, 9.17) is 0 Å². The van der Waals surface area contributed by atoms with E-state index in [1.807, 2.05) is 12.1 Å². The van der Waals surface area contributed by atoms with E-state index >= 15 is 0 Å². The summed E-state index contributed by atoms with van der Waals surface area (Å²) < 4.78 is 0. The van der Waals surface area contributed by atoms with E-state index in [0.29, 0.717) is 11.6 Å². The lowest BCUT2D eigenvalue weighted by molar-refractivity contribution is -0.386. The van der Waals surface area contributed by atoms with Gasteiger partial charge >= 0.3 is 0 Å². The van der Waals surface area contributed by atoms with Crippen LogP contribution in [0.1, 0.15) is 23.5 Å². The average Bonchev–Trinajstić information content (AvgIpc) is 2.69. The van der Waals surface area contributed by atoms with Gasteiger partial charge in [0.2, 0.25) is 0 Å². The lowest BCUT2D eigenvalue weighted by Gasteiger charge is -2.10. The number of rotatable bonds is 2. The summed E-state index contributed by atoms with van der Waals surface area (Å²) in [5, 5.41) is 14.2. The van der Waals surface area contributed by atoms with E-state index in [1.54, 1.807) is 13.0 Å². The number of para-hydroxylation sites is 1. The van der Waals surface area contributed by atoms with Crippen LogP contribution in [0.5, 0.6) is 0 Å². The summed E-state index contributed by atoms with van der Waals surface area (Å²) in [6, 6.07) is 5.57. The number of benzene rings is 1. The molecule has 1 unspecified atom stereocenters. The van der Waals surface area contributed by atoms with Crippen molar-refractivity contribution in [3.05, 3.63) is 39.4 Å². The van der Waals surface area contributed by atoms with Gasteiger partial charge in [-0.25, -0.2) is 0 Å². The normalized spacial score (nSPS) is 20.5. The molecule has 1 N–H and O–H groups in total. The number of nitrogens with zero attached hydrogens (tertiary/aromatic N) is 1. The summed E-state index contributed by atoms with van der Waals surface area (Å²) in [5.41, 5.74) is 1.93. The predicted octanol–water partition coefficient (Wildman–Crippen LogP) is 1.98. The van der Waals surface area contributed by atoms with Crippen LogP contribution in [0.3, 0.4) is 0 Å². The van der Waals surface area contributed by atoms with E-state index in [-0.39, 0.29) is 4.92 Å². The summed E-state index contributed by atoms with van der Waals surface area (Å²) >= 11 is 0. The van der Waals surface area contributed by atoms with E-state index in [1.165, 1.54) is 0 Å². The zero-order chi connectivity index (χ0) is 10.8. The van der Waals surface area contributed by atoms with Crippen LogP contribution in [0.25, 0.3) is 0 Å². The van der Waals surface area contributed by atoms with Gasteiger partial charge < -0.3 is 5.32 Å². The van der Waals surface area contributed by atoms with Crippen molar-refractivity contribution in [1.82, 2.24) is 5.32 Å². The molecule has 1 saturated heterocycles. The molecule has 0 aliphatic carbocycles. The summed E-state index contributed by atoms with van der Waals surface area (Å²) in [5.74, 6) is 0.297. The molecule has 1 aromatic rings. The maximum atomic E-state index is 11.0. The molecule has 0 bridgehead atoms. The van der Waals surface area contributed by atoms with Crippen LogP contribution in [-0.2, 0) is 0 Å². The lowest BCUT2D eigenvalue weighted by Crippen LogP contribution is -2.09. The first-order valence-corrected chi connectivity index (χ1v) is 5.15. The summed E-state index contributed by atoms with van der Waals surface area (Å²) in [4.78, 5) is 10.7. The van der Waals surface area contributed by atoms with Crippen molar-refractivity contribution in [2.75, 3.05) is 13.1 Å². The van der Waals surface area contributed by atoms with Crippen LogP contribution in [0.2, 0.25) is 0 Å². The van der Waals surface area contributed by atoms with Gasteiger partial charge in [-0.2, -0.15) is 0 Å². The van der Waals surface area contributed by atoms with Crippen LogP contribution in [0.4, 0.5) is 5.69 Å². The highest BCUT2D eigenvalue weighted by molar-refractivity contribution is 5.49. The smallest absolute Gasteiger partial charge is 0.275 e. The van der Waals surface area contributed by atoms with Gasteiger partial charge in [0.1, 0.15) is 0 Å². The monoisotopic (exact) mass is 206 g/mol. The quantitative estimate of drug-likeness (QED) is 0.594. The van der Waals surface area contributed by atoms with Crippen molar-refractivity contribution in [2.45, 2.75) is 19.3 Å². The van der Waals surface area contributed by atoms with E-state index in [9.17, 15) is 10.1 Å². The molecule has 1 heterocycles. The Balaban J connectivity index is 2.45. The molecule has 1 aliphatic heterocycles. The minimum absolute atomic E-state index is 0.261. The third kappa shape index (κ3) is 1.85. The standard InChI is InChI=1S/C11H14N2O2/c1-8-3-2-4-10(11(8)13(14)15)9-5-6-12-7-9/h2-4,9,12H,5-7H2,1H3. The van der Waals surface area contributed by atoms with Crippen molar-refractivity contribution in [1.29, 1.82) is 0 Å². The van der Waals surface area contributed by atoms with Crippen LogP contribution in [0, 0.1) is 17.0 Å². The molecule has 4 heteroatoms. The Morgan fingerprint density at radius 3 is 2.93 bits per heavy atom. The molecule has 0 aromatic heterocycles. The van der Waals surface area contributed by atoms with Crippen LogP contribution in [-0.4, -0.2) is 18.0 Å². The van der Waals surface area contributed by atoms with Gasteiger partial charge in [0, 0.05) is 23.6 Å². The van der Waals surface area contributed by atoms with Gasteiger partial charge in [-0.1, -0.05) is 18.2 Å². The van der Waals surface area contributed by atoms with Crippen molar-refractivity contribution in [2.24, 2.45) is 0 Å². The molecule has 15 heavy (non-hydrogen) atoms. The fourth-order valence-electron chi connectivity index (χ4n) is 2.18. The van der Waals surface area contributed by atoms with Gasteiger partial charge in [-0.05, 0) is 19.9 Å². The van der Waals surface area contributed by atoms with Gasteiger partial charge in [0.15, 0.2) is 0 Å². The molecule has 0 spiro atoms. The highest BCUT2D eigenvalue weighted by Crippen LogP contribution is 2.32. The zero-order valence-electron chi connectivity index (χ0n) is 8.69. The maximum absolute atomic E-state index is 11.0. The molecule has 0 saturated carbocycles. The second-order valence-electron chi connectivity index (χ2n) is 3.96. The SMILES string of the molecule is Cc1cccc(C2CCNC2)c1[N+](=O)[O-]. The number of aryl methyl sites for hydroxylation is 1. The number of nitro benzene ring substituents is 1. The number of nitro groups is 1. The van der Waals surface area contributed by atoms with Crippen LogP contribution >= 0.6 is 0 Å². The van der Waals surface area contributed by atoms with Crippen molar-refractivity contribution >= 4 is 5.69 Å². The second-order valence-corrected chi connectivity index (χ2v) is 3.96. The Bertz CT molecular complexity index is 384. The fraction of sp³-hybridized carbons (Fsp3) is 0.455. The maximum Gasteiger partial charge on any atom is 0.275 e. The van der Waals surface area contributed by atoms with Gasteiger partial charge in [0.25, 0.3) is 5.69 Å². The molecule has 1 atom stereocenters. The van der Waals surface area contributed by atoms with E-state index in [0.717, 1.165) is 30.6 Å². The average molecular weight is 206 g/mol. The summed E-state index contributed by atoms with van der Waals surface area (Å²) in [6.45, 7) is 3.60. The highest BCUT2D eigenvalue weighted by atomic mass is 16.6. The van der Waals surface area contributed by atoms with E-state index < -0.39 is 0 Å². The van der Waals surface area contributed by atoms with Crippen LogP contribution in [0.15, 0.2) is 18.2 Å². The molecule has 2 rings (SSSR count). The molecule has 0 amide bonds. The Labute approximate surface area is 88.5 Å². The second kappa shape index (κ2) is 3.98. The fourth-order valence-corrected chi connectivity index (χ4v) is 2.18. The van der Waals surface area contributed by atoms with Crippen molar-refractivity contribution < 1.29 is 4.92 Å². The molecule has 80 valence electrons. The highest BCUT2D eigenvalue weighted by Gasteiger charge is 2.25. The Hall–Kier alpha value is -1.42. The van der Waals surface area contributed by atoms with Gasteiger partial charge in [0.05, 0.1) is 4.92 Å². The first-order valence-electron chi connectivity index (χ1n) is 5.15.